The Morgan fingerprint density at radius 2 is 1.93 bits per heavy atom. The number of carbonyl (C=O) groups is 1. The molecule has 0 spiro atoms. The van der Waals surface area contributed by atoms with E-state index < -0.39 is 5.60 Å². The largest absolute Gasteiger partial charge is 0.488 e. The van der Waals surface area contributed by atoms with Crippen LogP contribution in [-0.4, -0.2) is 28.2 Å². The van der Waals surface area contributed by atoms with Gasteiger partial charge in [0.1, 0.15) is 23.7 Å². The van der Waals surface area contributed by atoms with Crippen LogP contribution in [0.2, 0.25) is 0 Å². The quantitative estimate of drug-likeness (QED) is 0.630. The fourth-order valence-corrected chi connectivity index (χ4v) is 3.30. The molecule has 144 valence electrons. The summed E-state index contributed by atoms with van der Waals surface area (Å²) in [7, 11) is 0. The van der Waals surface area contributed by atoms with Crippen LogP contribution >= 0.6 is 15.9 Å². The van der Waals surface area contributed by atoms with E-state index in [4.69, 9.17) is 14.2 Å². The molecule has 27 heavy (non-hydrogen) atoms. The second-order valence-electron chi connectivity index (χ2n) is 7.40. The average Bonchev–Trinajstić information content (AvgIpc) is 2.78. The minimum Gasteiger partial charge on any atom is -0.488 e. The zero-order chi connectivity index (χ0) is 19.4. The molecule has 2 aromatic rings. The van der Waals surface area contributed by atoms with Gasteiger partial charge in [-0.3, -0.25) is 4.90 Å². The van der Waals surface area contributed by atoms with Crippen LogP contribution in [0.4, 0.5) is 4.79 Å². The predicted octanol–water partition coefficient (Wildman–Crippen LogP) is 5.12. The molecule has 0 bridgehead atoms. The van der Waals surface area contributed by atoms with Gasteiger partial charge in [-0.25, -0.2) is 4.79 Å². The highest BCUT2D eigenvalue weighted by atomic mass is 79.9. The zero-order valence-electron chi connectivity index (χ0n) is 15.8. The summed E-state index contributed by atoms with van der Waals surface area (Å²) in [5.74, 6) is 1.40. The first kappa shape index (κ1) is 19.5. The van der Waals surface area contributed by atoms with Crippen LogP contribution in [0.3, 0.4) is 0 Å². The number of alkyl halides is 1. The molecule has 0 aromatic heterocycles. The van der Waals surface area contributed by atoms with Crippen molar-refractivity contribution < 1.29 is 19.0 Å². The van der Waals surface area contributed by atoms with Crippen LogP contribution in [0.25, 0.3) is 0 Å². The monoisotopic (exact) mass is 433 g/mol. The van der Waals surface area contributed by atoms with E-state index >= 15 is 0 Å². The maximum absolute atomic E-state index is 12.6. The van der Waals surface area contributed by atoms with E-state index in [1.807, 2.05) is 69.3 Å². The minimum atomic E-state index is -0.557. The summed E-state index contributed by atoms with van der Waals surface area (Å²) in [6.07, 6.45) is -0.374. The Bertz CT molecular complexity index is 789. The molecule has 0 saturated carbocycles. The number of amides is 1. The van der Waals surface area contributed by atoms with E-state index in [2.05, 4.69) is 15.9 Å². The van der Waals surface area contributed by atoms with Gasteiger partial charge in [0.2, 0.25) is 0 Å². The fourth-order valence-electron chi connectivity index (χ4n) is 2.75. The molecule has 1 atom stereocenters. The molecule has 1 unspecified atom stereocenters. The maximum Gasteiger partial charge on any atom is 0.410 e. The summed E-state index contributed by atoms with van der Waals surface area (Å²) in [4.78, 5) is 14.2. The summed E-state index contributed by atoms with van der Waals surface area (Å²) >= 11 is 3.48. The smallest absolute Gasteiger partial charge is 0.410 e. The molecule has 1 aliphatic rings. The van der Waals surface area contributed by atoms with Crippen molar-refractivity contribution in [3.63, 3.8) is 0 Å². The number of carbonyl (C=O) groups excluding carboxylic acids is 1. The number of halogens is 1. The molecular formula is C21H24BrNO4. The highest BCUT2D eigenvalue weighted by molar-refractivity contribution is 9.09. The van der Waals surface area contributed by atoms with Crippen molar-refractivity contribution in [2.45, 2.75) is 44.5 Å². The molecule has 1 heterocycles. The molecule has 0 aliphatic carbocycles. The molecule has 0 N–H and O–H groups in total. The van der Waals surface area contributed by atoms with Gasteiger partial charge in [0.15, 0.2) is 5.01 Å². The Balaban J connectivity index is 1.82. The lowest BCUT2D eigenvalue weighted by Crippen LogP contribution is -2.39. The number of rotatable bonds is 3. The lowest BCUT2D eigenvalue weighted by Gasteiger charge is -2.27. The van der Waals surface area contributed by atoms with Crippen LogP contribution in [-0.2, 0) is 17.9 Å². The first-order chi connectivity index (χ1) is 12.8. The molecule has 5 nitrogen and oxygen atoms in total. The van der Waals surface area contributed by atoms with Crippen molar-refractivity contribution in [1.29, 1.82) is 0 Å². The number of hydrogen-bond donors (Lipinski definition) is 0. The molecule has 2 aromatic carbocycles. The number of ether oxygens (including phenoxy) is 3. The number of fused-ring (bicyclic) bond motifs is 1. The second kappa shape index (κ2) is 8.21. The lowest BCUT2D eigenvalue weighted by atomic mass is 10.1. The topological polar surface area (TPSA) is 48.0 Å². The van der Waals surface area contributed by atoms with Gasteiger partial charge >= 0.3 is 6.09 Å². The van der Waals surface area contributed by atoms with E-state index in [-0.39, 0.29) is 11.1 Å². The first-order valence-electron chi connectivity index (χ1n) is 8.89. The minimum absolute atomic E-state index is 0.323. The molecule has 3 rings (SSSR count). The third-order valence-corrected chi connectivity index (χ3v) is 4.42. The molecule has 1 amide bonds. The summed E-state index contributed by atoms with van der Waals surface area (Å²) in [6, 6.07) is 15.6. The van der Waals surface area contributed by atoms with Gasteiger partial charge in [-0.2, -0.15) is 0 Å². The van der Waals surface area contributed by atoms with E-state index in [0.717, 1.165) is 11.1 Å². The molecular weight excluding hydrogens is 410 g/mol. The maximum atomic E-state index is 12.6. The summed E-state index contributed by atoms with van der Waals surface area (Å²) < 4.78 is 17.5. The van der Waals surface area contributed by atoms with Gasteiger partial charge in [-0.1, -0.05) is 36.4 Å². The molecule has 0 radical (unpaired) electrons. The highest BCUT2D eigenvalue weighted by Crippen LogP contribution is 2.34. The zero-order valence-corrected chi connectivity index (χ0v) is 17.4. The van der Waals surface area contributed by atoms with Crippen molar-refractivity contribution in [3.05, 3.63) is 59.7 Å². The van der Waals surface area contributed by atoms with Crippen molar-refractivity contribution in [1.82, 2.24) is 4.90 Å². The molecule has 1 aliphatic heterocycles. The van der Waals surface area contributed by atoms with Crippen molar-refractivity contribution >= 4 is 22.0 Å². The van der Waals surface area contributed by atoms with E-state index in [1.165, 1.54) is 0 Å². The van der Waals surface area contributed by atoms with Gasteiger partial charge in [0.25, 0.3) is 0 Å². The van der Waals surface area contributed by atoms with E-state index in [1.54, 1.807) is 4.90 Å². The van der Waals surface area contributed by atoms with Gasteiger partial charge < -0.3 is 14.2 Å². The van der Waals surface area contributed by atoms with Gasteiger partial charge in [-0.15, -0.1) is 0 Å². The number of hydrogen-bond acceptors (Lipinski definition) is 4. The van der Waals surface area contributed by atoms with Crippen LogP contribution in [0.5, 0.6) is 11.5 Å². The van der Waals surface area contributed by atoms with Crippen molar-refractivity contribution in [3.8, 4) is 11.5 Å². The normalized spacial score (nSPS) is 16.7. The van der Waals surface area contributed by atoms with Gasteiger partial charge in [0.05, 0.1) is 18.7 Å². The van der Waals surface area contributed by atoms with Gasteiger partial charge in [-0.05, 0) is 54.4 Å². The van der Waals surface area contributed by atoms with E-state index in [9.17, 15) is 4.79 Å². The summed E-state index contributed by atoms with van der Waals surface area (Å²) in [5, 5.41) is -0.323. The average molecular weight is 434 g/mol. The van der Waals surface area contributed by atoms with Crippen LogP contribution < -0.4 is 9.47 Å². The standard InChI is InChI=1S/C21H24BrNO4/c1-21(2,3)27-20(24)23-12-16-17(25-14-15-8-5-4-6-9-15)10-7-11-18(16)26-19(22)13-23/h4-11,19H,12-14H2,1-3H3. The van der Waals surface area contributed by atoms with Crippen molar-refractivity contribution in [2.75, 3.05) is 6.54 Å². The lowest BCUT2D eigenvalue weighted by molar-refractivity contribution is 0.0216. The molecule has 0 saturated heterocycles. The number of nitrogens with zero attached hydrogens (tertiary/aromatic N) is 1. The first-order valence-corrected chi connectivity index (χ1v) is 9.81. The van der Waals surface area contributed by atoms with Crippen LogP contribution in [0.15, 0.2) is 48.5 Å². The van der Waals surface area contributed by atoms with Crippen LogP contribution in [0.1, 0.15) is 31.9 Å². The van der Waals surface area contributed by atoms with Crippen molar-refractivity contribution in [2.24, 2.45) is 0 Å². The Hall–Kier alpha value is -2.21. The van der Waals surface area contributed by atoms with Gasteiger partial charge in [0, 0.05) is 0 Å². The third kappa shape index (κ3) is 5.39. The Labute approximate surface area is 168 Å². The Morgan fingerprint density at radius 3 is 2.63 bits per heavy atom. The van der Waals surface area contributed by atoms with Crippen LogP contribution in [0, 0.1) is 0 Å². The van der Waals surface area contributed by atoms with E-state index in [0.29, 0.717) is 31.2 Å². The molecule has 6 heteroatoms. The number of benzene rings is 2. The Kier molecular flexibility index (Phi) is 5.95. The highest BCUT2D eigenvalue weighted by Gasteiger charge is 2.30. The SMILES string of the molecule is CC(C)(C)OC(=O)N1Cc2c(OCc3ccccc3)cccc2OC(Br)C1. The Morgan fingerprint density at radius 1 is 1.19 bits per heavy atom. The predicted molar refractivity (Wildman–Crippen MR) is 107 cm³/mol. The summed E-state index contributed by atoms with van der Waals surface area (Å²) in [5.41, 5.74) is 1.35. The molecule has 0 fully saturated rings. The second-order valence-corrected chi connectivity index (χ2v) is 8.42. The summed E-state index contributed by atoms with van der Waals surface area (Å²) in [6.45, 7) is 6.74. The third-order valence-electron chi connectivity index (χ3n) is 3.95. The fraction of sp³-hybridized carbons (Fsp3) is 0.381.